The molecule has 0 aliphatic rings. The van der Waals surface area contributed by atoms with Crippen molar-refractivity contribution >= 4 is 22.6 Å². The van der Waals surface area contributed by atoms with E-state index in [1.807, 2.05) is 73.7 Å². The second kappa shape index (κ2) is 13.0. The Labute approximate surface area is 226 Å². The number of hydrogen-bond donors (Lipinski definition) is 1. The molecule has 4 heteroatoms. The number of carbonyl (C=O) groups is 2. The lowest BCUT2D eigenvalue weighted by Gasteiger charge is -2.33. The largest absolute Gasteiger partial charge is 0.352 e. The fourth-order valence-corrected chi connectivity index (χ4v) is 4.86. The van der Waals surface area contributed by atoms with Gasteiger partial charge in [0.2, 0.25) is 11.8 Å². The van der Waals surface area contributed by atoms with Gasteiger partial charge in [0.15, 0.2) is 0 Å². The Morgan fingerprint density at radius 2 is 1.47 bits per heavy atom. The molecule has 0 bridgehead atoms. The van der Waals surface area contributed by atoms with Crippen molar-refractivity contribution in [2.75, 3.05) is 0 Å². The van der Waals surface area contributed by atoms with E-state index >= 15 is 0 Å². The van der Waals surface area contributed by atoms with Gasteiger partial charge in [0, 0.05) is 25.4 Å². The molecule has 2 atom stereocenters. The van der Waals surface area contributed by atoms with Crippen LogP contribution in [0.25, 0.3) is 10.8 Å². The molecule has 0 radical (unpaired) electrons. The van der Waals surface area contributed by atoms with Gasteiger partial charge in [0.05, 0.1) is 0 Å². The SMILES string of the molecule is CC[C@@H](C)NC(=O)[C@@H](Cc1ccccc1)N(Cc1ccccc1C)C(=O)CCc1cccc2ccccc12. The van der Waals surface area contributed by atoms with E-state index in [4.69, 9.17) is 0 Å². The Morgan fingerprint density at radius 3 is 2.24 bits per heavy atom. The van der Waals surface area contributed by atoms with Crippen LogP contribution in [0, 0.1) is 6.92 Å². The second-order valence-electron chi connectivity index (χ2n) is 10.1. The first-order valence-corrected chi connectivity index (χ1v) is 13.6. The smallest absolute Gasteiger partial charge is 0.243 e. The zero-order valence-corrected chi connectivity index (χ0v) is 22.7. The molecular weight excluding hydrogens is 468 g/mol. The molecule has 0 saturated heterocycles. The number of rotatable bonds is 11. The van der Waals surface area contributed by atoms with Crippen molar-refractivity contribution in [1.29, 1.82) is 0 Å². The molecule has 4 nitrogen and oxygen atoms in total. The molecule has 196 valence electrons. The molecule has 4 aromatic rings. The van der Waals surface area contributed by atoms with Gasteiger partial charge in [-0.1, -0.05) is 104 Å². The highest BCUT2D eigenvalue weighted by molar-refractivity contribution is 5.89. The van der Waals surface area contributed by atoms with E-state index in [2.05, 4.69) is 49.5 Å². The molecule has 38 heavy (non-hydrogen) atoms. The number of nitrogens with one attached hydrogen (secondary N) is 1. The van der Waals surface area contributed by atoms with Gasteiger partial charge in [-0.15, -0.1) is 0 Å². The van der Waals surface area contributed by atoms with Crippen LogP contribution < -0.4 is 5.32 Å². The first-order chi connectivity index (χ1) is 18.5. The molecule has 2 amide bonds. The maximum absolute atomic E-state index is 14.0. The van der Waals surface area contributed by atoms with E-state index in [0.29, 0.717) is 25.8 Å². The monoisotopic (exact) mass is 506 g/mol. The lowest BCUT2D eigenvalue weighted by molar-refractivity contribution is -0.141. The summed E-state index contributed by atoms with van der Waals surface area (Å²) < 4.78 is 0. The summed E-state index contributed by atoms with van der Waals surface area (Å²) in [6, 6.07) is 32.0. The van der Waals surface area contributed by atoms with E-state index in [9.17, 15) is 9.59 Å². The van der Waals surface area contributed by atoms with E-state index in [1.54, 1.807) is 4.90 Å². The summed E-state index contributed by atoms with van der Waals surface area (Å²) in [6.45, 7) is 6.51. The number of fused-ring (bicyclic) bond motifs is 1. The van der Waals surface area contributed by atoms with Gasteiger partial charge in [-0.05, 0) is 59.7 Å². The molecule has 0 fully saturated rings. The van der Waals surface area contributed by atoms with Crippen molar-refractivity contribution in [3.63, 3.8) is 0 Å². The first-order valence-electron chi connectivity index (χ1n) is 13.6. The molecule has 0 aliphatic carbocycles. The number of hydrogen-bond acceptors (Lipinski definition) is 2. The van der Waals surface area contributed by atoms with Gasteiger partial charge in [-0.25, -0.2) is 0 Å². The molecule has 1 N–H and O–H groups in total. The molecule has 4 aromatic carbocycles. The minimum atomic E-state index is -0.606. The Hall–Kier alpha value is -3.92. The van der Waals surface area contributed by atoms with E-state index in [1.165, 1.54) is 10.8 Å². The third-order valence-electron chi connectivity index (χ3n) is 7.36. The van der Waals surface area contributed by atoms with Crippen molar-refractivity contribution < 1.29 is 9.59 Å². The van der Waals surface area contributed by atoms with Crippen molar-refractivity contribution in [2.24, 2.45) is 0 Å². The van der Waals surface area contributed by atoms with Crippen molar-refractivity contribution in [1.82, 2.24) is 10.2 Å². The van der Waals surface area contributed by atoms with Gasteiger partial charge in [0.25, 0.3) is 0 Å². The Kier molecular flexibility index (Phi) is 9.31. The number of nitrogens with zero attached hydrogens (tertiary/aromatic N) is 1. The highest BCUT2D eigenvalue weighted by Crippen LogP contribution is 2.22. The van der Waals surface area contributed by atoms with Crippen LogP contribution in [0.2, 0.25) is 0 Å². The van der Waals surface area contributed by atoms with Crippen molar-refractivity contribution in [2.45, 2.75) is 65.1 Å². The molecule has 0 aromatic heterocycles. The number of carbonyl (C=O) groups excluding carboxylic acids is 2. The summed E-state index contributed by atoms with van der Waals surface area (Å²) in [7, 11) is 0. The fraction of sp³-hybridized carbons (Fsp3) is 0.294. The standard InChI is InChI=1S/C34H38N2O2/c1-4-26(3)35-34(38)32(23-27-14-6-5-7-15-27)36(24-30-17-9-8-13-25(30)2)33(37)22-21-29-19-12-18-28-16-10-11-20-31(28)29/h5-20,26,32H,4,21-24H2,1-3H3,(H,35,38)/t26-,32-/m1/s1. The van der Waals surface area contributed by atoms with Crippen LogP contribution in [-0.4, -0.2) is 28.8 Å². The molecular formula is C34H38N2O2. The van der Waals surface area contributed by atoms with Gasteiger partial charge >= 0.3 is 0 Å². The Bertz CT molecular complexity index is 1360. The zero-order chi connectivity index (χ0) is 26.9. The summed E-state index contributed by atoms with van der Waals surface area (Å²) in [5.74, 6) is -0.114. The van der Waals surface area contributed by atoms with E-state index in [0.717, 1.165) is 28.7 Å². The predicted molar refractivity (Wildman–Crippen MR) is 156 cm³/mol. The summed E-state index contributed by atoms with van der Waals surface area (Å²) in [6.07, 6.45) is 2.25. The third kappa shape index (κ3) is 6.89. The molecule has 0 aliphatic heterocycles. The fourth-order valence-electron chi connectivity index (χ4n) is 4.86. The van der Waals surface area contributed by atoms with Crippen LogP contribution in [0.15, 0.2) is 97.1 Å². The van der Waals surface area contributed by atoms with E-state index in [-0.39, 0.29) is 17.9 Å². The highest BCUT2D eigenvalue weighted by Gasteiger charge is 2.31. The molecule has 0 spiro atoms. The highest BCUT2D eigenvalue weighted by atomic mass is 16.2. The molecule has 0 heterocycles. The minimum Gasteiger partial charge on any atom is -0.352 e. The lowest BCUT2D eigenvalue weighted by Crippen LogP contribution is -2.52. The summed E-state index contributed by atoms with van der Waals surface area (Å²) in [5, 5.41) is 5.49. The minimum absolute atomic E-state index is 0.0126. The molecule has 0 saturated carbocycles. The first kappa shape index (κ1) is 27.1. The number of amides is 2. The lowest BCUT2D eigenvalue weighted by atomic mass is 9.98. The van der Waals surface area contributed by atoms with Crippen LogP contribution in [0.4, 0.5) is 0 Å². The Balaban J connectivity index is 1.66. The predicted octanol–water partition coefficient (Wildman–Crippen LogP) is 6.64. The van der Waals surface area contributed by atoms with Crippen LogP contribution in [0.5, 0.6) is 0 Å². The van der Waals surface area contributed by atoms with Crippen LogP contribution in [0.1, 0.15) is 48.9 Å². The molecule has 4 rings (SSSR count). The second-order valence-corrected chi connectivity index (χ2v) is 10.1. The quantitative estimate of drug-likeness (QED) is 0.248. The summed E-state index contributed by atoms with van der Waals surface area (Å²) >= 11 is 0. The van der Waals surface area contributed by atoms with Crippen LogP contribution in [0.3, 0.4) is 0 Å². The maximum Gasteiger partial charge on any atom is 0.243 e. The average Bonchev–Trinajstić information content (AvgIpc) is 2.94. The summed E-state index contributed by atoms with van der Waals surface area (Å²) in [4.78, 5) is 29.5. The Morgan fingerprint density at radius 1 is 0.816 bits per heavy atom. The normalized spacial score (nSPS) is 12.6. The van der Waals surface area contributed by atoms with Crippen molar-refractivity contribution in [3.05, 3.63) is 119 Å². The van der Waals surface area contributed by atoms with Gasteiger partial charge in [0.1, 0.15) is 6.04 Å². The average molecular weight is 507 g/mol. The number of benzene rings is 4. The topological polar surface area (TPSA) is 49.4 Å². The zero-order valence-electron chi connectivity index (χ0n) is 22.7. The third-order valence-corrected chi connectivity index (χ3v) is 7.36. The van der Waals surface area contributed by atoms with Crippen molar-refractivity contribution in [3.8, 4) is 0 Å². The van der Waals surface area contributed by atoms with Gasteiger partial charge in [-0.2, -0.15) is 0 Å². The number of aryl methyl sites for hydroxylation is 2. The van der Waals surface area contributed by atoms with Gasteiger partial charge < -0.3 is 10.2 Å². The maximum atomic E-state index is 14.0. The van der Waals surface area contributed by atoms with Crippen LogP contribution >= 0.6 is 0 Å². The summed E-state index contributed by atoms with van der Waals surface area (Å²) in [5.41, 5.74) is 4.35. The molecule has 0 unspecified atom stereocenters. The van der Waals surface area contributed by atoms with Crippen LogP contribution in [-0.2, 0) is 29.0 Å². The van der Waals surface area contributed by atoms with E-state index < -0.39 is 6.04 Å². The van der Waals surface area contributed by atoms with Gasteiger partial charge in [-0.3, -0.25) is 9.59 Å².